The maximum atomic E-state index is 13.3. The molecule has 102 valence electrons. The Hall–Kier alpha value is -2.64. The predicted octanol–water partition coefficient (Wildman–Crippen LogP) is 0.519. The highest BCUT2D eigenvalue weighted by atomic mass is 19.1. The molecule has 0 saturated heterocycles. The van der Waals surface area contributed by atoms with Gasteiger partial charge in [-0.15, -0.1) is 0 Å². The molecule has 8 heteroatoms. The number of halogens is 1. The highest BCUT2D eigenvalue weighted by molar-refractivity contribution is 5.97. The van der Waals surface area contributed by atoms with Gasteiger partial charge in [-0.25, -0.2) is 14.0 Å². The summed E-state index contributed by atoms with van der Waals surface area (Å²) in [6, 6.07) is 1.37. The van der Waals surface area contributed by atoms with Crippen LogP contribution < -0.4 is 16.4 Å². The molecule has 0 bridgehead atoms. The van der Waals surface area contributed by atoms with Crippen LogP contribution in [0.4, 0.5) is 14.9 Å². The third kappa shape index (κ3) is 3.95. The van der Waals surface area contributed by atoms with Gasteiger partial charge in [0.05, 0.1) is 5.56 Å². The molecule has 1 atom stereocenters. The van der Waals surface area contributed by atoms with Gasteiger partial charge < -0.3 is 21.5 Å². The molecule has 1 rings (SSSR count). The summed E-state index contributed by atoms with van der Waals surface area (Å²) in [6.45, 7) is 1.39. The number of amides is 3. The molecule has 0 radical (unpaired) electrons. The van der Waals surface area contributed by atoms with Gasteiger partial charge in [0, 0.05) is 5.69 Å². The Bertz CT molecular complexity index is 533. The highest BCUT2D eigenvalue weighted by Gasteiger charge is 2.16. The highest BCUT2D eigenvalue weighted by Crippen LogP contribution is 2.14. The molecule has 1 unspecified atom stereocenters. The minimum atomic E-state index is -1.40. The summed E-state index contributed by atoms with van der Waals surface area (Å²) in [5.74, 6) is -2.98. The van der Waals surface area contributed by atoms with E-state index in [0.717, 1.165) is 12.1 Å². The van der Waals surface area contributed by atoms with E-state index < -0.39 is 35.3 Å². The zero-order valence-corrected chi connectivity index (χ0v) is 9.94. The van der Waals surface area contributed by atoms with E-state index in [1.54, 1.807) is 0 Å². The molecule has 0 aromatic heterocycles. The fourth-order valence-corrected chi connectivity index (χ4v) is 1.30. The number of hydrogen-bond acceptors (Lipinski definition) is 3. The topological polar surface area (TPSA) is 122 Å². The summed E-state index contributed by atoms with van der Waals surface area (Å²) in [6.07, 6.45) is 0. The second-order valence-electron chi connectivity index (χ2n) is 3.72. The number of rotatable bonds is 4. The number of carbonyl (C=O) groups excluding carboxylic acids is 2. The average Bonchev–Trinajstić information content (AvgIpc) is 2.27. The van der Waals surface area contributed by atoms with Crippen molar-refractivity contribution >= 4 is 23.6 Å². The molecule has 0 aliphatic heterocycles. The summed E-state index contributed by atoms with van der Waals surface area (Å²) >= 11 is 0. The van der Waals surface area contributed by atoms with Crippen LogP contribution in [0.15, 0.2) is 18.2 Å². The summed E-state index contributed by atoms with van der Waals surface area (Å²) in [5.41, 5.74) is 4.42. The van der Waals surface area contributed by atoms with E-state index in [-0.39, 0.29) is 5.69 Å². The SMILES string of the molecule is CC(NC(N)=O)C(=O)Nc1ccc(C(=O)O)c(F)c1. The number of carbonyl (C=O) groups is 3. The molecule has 19 heavy (non-hydrogen) atoms. The van der Waals surface area contributed by atoms with E-state index in [1.807, 2.05) is 0 Å². The van der Waals surface area contributed by atoms with Gasteiger partial charge in [0.15, 0.2) is 0 Å². The smallest absolute Gasteiger partial charge is 0.338 e. The van der Waals surface area contributed by atoms with Gasteiger partial charge in [-0.05, 0) is 25.1 Å². The maximum Gasteiger partial charge on any atom is 0.338 e. The lowest BCUT2D eigenvalue weighted by molar-refractivity contribution is -0.117. The van der Waals surface area contributed by atoms with Crippen molar-refractivity contribution in [2.75, 3.05) is 5.32 Å². The van der Waals surface area contributed by atoms with Crippen LogP contribution in [-0.2, 0) is 4.79 Å². The Morgan fingerprint density at radius 2 is 2.00 bits per heavy atom. The van der Waals surface area contributed by atoms with E-state index in [1.165, 1.54) is 13.0 Å². The zero-order valence-electron chi connectivity index (χ0n) is 9.94. The maximum absolute atomic E-state index is 13.3. The van der Waals surface area contributed by atoms with Crippen molar-refractivity contribution < 1.29 is 23.9 Å². The van der Waals surface area contributed by atoms with Crippen LogP contribution >= 0.6 is 0 Å². The molecule has 1 aromatic carbocycles. The summed E-state index contributed by atoms with van der Waals surface area (Å²) in [4.78, 5) is 32.7. The van der Waals surface area contributed by atoms with Crippen molar-refractivity contribution in [1.29, 1.82) is 0 Å². The summed E-state index contributed by atoms with van der Waals surface area (Å²) in [5, 5.41) is 13.1. The predicted molar refractivity (Wildman–Crippen MR) is 64.2 cm³/mol. The molecule has 5 N–H and O–H groups in total. The van der Waals surface area contributed by atoms with E-state index in [0.29, 0.717) is 0 Å². The standard InChI is InChI=1S/C11H12FN3O4/c1-5(14-11(13)19)9(16)15-6-2-3-7(10(17)18)8(12)4-6/h2-5H,1H3,(H,15,16)(H,17,18)(H3,13,14,19). The van der Waals surface area contributed by atoms with Crippen molar-refractivity contribution in [3.63, 3.8) is 0 Å². The van der Waals surface area contributed by atoms with Crippen LogP contribution in [0.25, 0.3) is 0 Å². The normalized spacial score (nSPS) is 11.5. The first kappa shape index (κ1) is 14.4. The van der Waals surface area contributed by atoms with Gasteiger partial charge in [0.1, 0.15) is 11.9 Å². The van der Waals surface area contributed by atoms with Crippen molar-refractivity contribution in [3.8, 4) is 0 Å². The minimum Gasteiger partial charge on any atom is -0.478 e. The second-order valence-corrected chi connectivity index (χ2v) is 3.72. The molecule has 0 saturated carbocycles. The Morgan fingerprint density at radius 1 is 1.37 bits per heavy atom. The molecule has 3 amide bonds. The van der Waals surface area contributed by atoms with Gasteiger partial charge in [0.25, 0.3) is 0 Å². The number of hydrogen-bond donors (Lipinski definition) is 4. The molecule has 0 heterocycles. The van der Waals surface area contributed by atoms with Gasteiger partial charge in [-0.1, -0.05) is 0 Å². The van der Waals surface area contributed by atoms with Gasteiger partial charge >= 0.3 is 12.0 Å². The number of primary amides is 1. The first-order valence-electron chi connectivity index (χ1n) is 5.21. The Morgan fingerprint density at radius 3 is 2.47 bits per heavy atom. The Labute approximate surface area is 107 Å². The van der Waals surface area contributed by atoms with Crippen molar-refractivity contribution in [1.82, 2.24) is 5.32 Å². The molecule has 1 aromatic rings. The first-order chi connectivity index (χ1) is 8.81. The average molecular weight is 269 g/mol. The monoisotopic (exact) mass is 269 g/mol. The van der Waals surface area contributed by atoms with E-state index in [4.69, 9.17) is 10.8 Å². The number of carboxylic acids is 1. The van der Waals surface area contributed by atoms with Crippen molar-refractivity contribution in [2.24, 2.45) is 5.73 Å². The van der Waals surface area contributed by atoms with Gasteiger partial charge in [-0.2, -0.15) is 0 Å². The zero-order chi connectivity index (χ0) is 14.6. The second kappa shape index (κ2) is 5.80. The van der Waals surface area contributed by atoms with Crippen LogP contribution in [-0.4, -0.2) is 29.1 Å². The summed E-state index contributed by atoms with van der Waals surface area (Å²) < 4.78 is 13.3. The Balaban J connectivity index is 2.78. The molecular formula is C11H12FN3O4. The van der Waals surface area contributed by atoms with Crippen molar-refractivity contribution in [3.05, 3.63) is 29.6 Å². The molecular weight excluding hydrogens is 257 g/mol. The van der Waals surface area contributed by atoms with Crippen molar-refractivity contribution in [2.45, 2.75) is 13.0 Å². The van der Waals surface area contributed by atoms with Crippen LogP contribution in [0, 0.1) is 5.82 Å². The minimum absolute atomic E-state index is 0.0746. The number of carboxylic acid groups (broad SMARTS) is 1. The van der Waals surface area contributed by atoms with E-state index in [2.05, 4.69) is 10.6 Å². The lowest BCUT2D eigenvalue weighted by Gasteiger charge is -2.12. The number of urea groups is 1. The van der Waals surface area contributed by atoms with E-state index in [9.17, 15) is 18.8 Å². The fourth-order valence-electron chi connectivity index (χ4n) is 1.30. The Kier molecular flexibility index (Phi) is 4.41. The van der Waals surface area contributed by atoms with Crippen LogP contribution in [0.2, 0.25) is 0 Å². The number of nitrogens with one attached hydrogen (secondary N) is 2. The quantitative estimate of drug-likeness (QED) is 0.636. The van der Waals surface area contributed by atoms with E-state index >= 15 is 0 Å². The number of anilines is 1. The third-order valence-electron chi connectivity index (χ3n) is 2.22. The van der Waals surface area contributed by atoms with Gasteiger partial charge in [0.2, 0.25) is 5.91 Å². The molecule has 0 aliphatic carbocycles. The van der Waals surface area contributed by atoms with Crippen LogP contribution in [0.1, 0.15) is 17.3 Å². The lowest BCUT2D eigenvalue weighted by atomic mass is 10.2. The largest absolute Gasteiger partial charge is 0.478 e. The molecule has 0 aliphatic rings. The van der Waals surface area contributed by atoms with Gasteiger partial charge in [-0.3, -0.25) is 4.79 Å². The molecule has 7 nitrogen and oxygen atoms in total. The number of aromatic carboxylic acids is 1. The summed E-state index contributed by atoms with van der Waals surface area (Å²) in [7, 11) is 0. The third-order valence-corrected chi connectivity index (χ3v) is 2.22. The van der Waals surface area contributed by atoms with Crippen LogP contribution in [0.3, 0.4) is 0 Å². The fraction of sp³-hybridized carbons (Fsp3) is 0.182. The number of nitrogens with two attached hydrogens (primary N) is 1. The molecule has 0 spiro atoms. The number of benzene rings is 1. The lowest BCUT2D eigenvalue weighted by Crippen LogP contribution is -2.44. The first-order valence-corrected chi connectivity index (χ1v) is 5.21. The van der Waals surface area contributed by atoms with Crippen LogP contribution in [0.5, 0.6) is 0 Å². The molecule has 0 fully saturated rings.